The van der Waals surface area contributed by atoms with E-state index in [2.05, 4.69) is 5.32 Å². The molecule has 10 heteroatoms. The molecule has 0 atom stereocenters. The molecule has 0 aliphatic heterocycles. The lowest BCUT2D eigenvalue weighted by Crippen LogP contribution is -2.40. The van der Waals surface area contributed by atoms with Crippen molar-refractivity contribution in [2.75, 3.05) is 58.9 Å². The monoisotopic (exact) mass is 362 g/mol. The summed E-state index contributed by atoms with van der Waals surface area (Å²) >= 11 is 0. The molecule has 0 saturated carbocycles. The largest absolute Gasteiger partial charge is 0.481 e. The normalized spacial score (nSPS) is 11.2. The Kier molecular flexibility index (Phi) is 13.6. The second-order valence-corrected chi connectivity index (χ2v) is 5.65. The second-order valence-electron chi connectivity index (χ2n) is 5.65. The molecule has 0 aliphatic rings. The molecule has 0 amide bonds. The Bertz CT molecular complexity index is 389. The van der Waals surface area contributed by atoms with Gasteiger partial charge < -0.3 is 36.2 Å². The van der Waals surface area contributed by atoms with Gasteiger partial charge in [0.1, 0.15) is 0 Å². The molecule has 0 rings (SSSR count). The van der Waals surface area contributed by atoms with Crippen LogP contribution in [0.2, 0.25) is 0 Å². The van der Waals surface area contributed by atoms with Gasteiger partial charge in [-0.3, -0.25) is 14.4 Å². The third-order valence-corrected chi connectivity index (χ3v) is 3.58. The first-order chi connectivity index (χ1) is 11.8. The van der Waals surface area contributed by atoms with Crippen molar-refractivity contribution in [1.29, 1.82) is 0 Å². The molecule has 10 nitrogen and oxygen atoms in total. The third-order valence-electron chi connectivity index (χ3n) is 3.58. The molecule has 0 aromatic carbocycles. The van der Waals surface area contributed by atoms with Gasteiger partial charge in [0.15, 0.2) is 0 Å². The van der Waals surface area contributed by atoms with E-state index in [0.29, 0.717) is 58.9 Å². The first-order valence-electron chi connectivity index (χ1n) is 8.36. The standard InChI is InChI=1S/C15H30N4O6/c16-4-10-19(9-3-15(24)25)12-6-17-5-11-18(7-1-13(20)21)8-2-14(22)23/h17H,1-12,16H2,(H,20,21)(H,22,23)(H,24,25). The van der Waals surface area contributed by atoms with Crippen molar-refractivity contribution in [3.63, 3.8) is 0 Å². The van der Waals surface area contributed by atoms with E-state index in [0.717, 1.165) is 0 Å². The van der Waals surface area contributed by atoms with Crippen molar-refractivity contribution in [3.8, 4) is 0 Å². The van der Waals surface area contributed by atoms with Gasteiger partial charge in [0.25, 0.3) is 0 Å². The highest BCUT2D eigenvalue weighted by molar-refractivity contribution is 5.67. The minimum Gasteiger partial charge on any atom is -0.481 e. The second kappa shape index (κ2) is 14.6. The highest BCUT2D eigenvalue weighted by atomic mass is 16.4. The van der Waals surface area contributed by atoms with Crippen molar-refractivity contribution < 1.29 is 29.7 Å². The summed E-state index contributed by atoms with van der Waals surface area (Å²) in [5.41, 5.74) is 5.51. The van der Waals surface area contributed by atoms with Gasteiger partial charge in [-0.1, -0.05) is 0 Å². The van der Waals surface area contributed by atoms with Crippen LogP contribution in [0.15, 0.2) is 0 Å². The summed E-state index contributed by atoms with van der Waals surface area (Å²) < 4.78 is 0. The Morgan fingerprint density at radius 2 is 1.04 bits per heavy atom. The number of carbonyl (C=O) groups is 3. The smallest absolute Gasteiger partial charge is 0.304 e. The van der Waals surface area contributed by atoms with Crippen LogP contribution in [-0.2, 0) is 14.4 Å². The molecule has 0 aliphatic carbocycles. The van der Waals surface area contributed by atoms with E-state index < -0.39 is 17.9 Å². The van der Waals surface area contributed by atoms with Crippen LogP contribution in [0.3, 0.4) is 0 Å². The zero-order chi connectivity index (χ0) is 19.1. The van der Waals surface area contributed by atoms with E-state index in [1.165, 1.54) is 0 Å². The van der Waals surface area contributed by atoms with Gasteiger partial charge in [-0.05, 0) is 0 Å². The average Bonchev–Trinajstić information content (AvgIpc) is 2.53. The topological polar surface area (TPSA) is 156 Å². The van der Waals surface area contributed by atoms with Gasteiger partial charge in [-0.15, -0.1) is 0 Å². The van der Waals surface area contributed by atoms with Crippen LogP contribution in [0.4, 0.5) is 0 Å². The molecule has 146 valence electrons. The SMILES string of the molecule is NCCN(CCNCCN(CCC(=O)O)CCC(=O)O)CCC(=O)O. The molecular formula is C15H30N4O6. The molecule has 0 fully saturated rings. The highest BCUT2D eigenvalue weighted by Crippen LogP contribution is 1.95. The van der Waals surface area contributed by atoms with Crippen LogP contribution in [0.25, 0.3) is 0 Å². The predicted molar refractivity (Wildman–Crippen MR) is 91.6 cm³/mol. The summed E-state index contributed by atoms with van der Waals surface area (Å²) in [7, 11) is 0. The lowest BCUT2D eigenvalue weighted by Gasteiger charge is -2.23. The van der Waals surface area contributed by atoms with Gasteiger partial charge in [0, 0.05) is 58.9 Å². The van der Waals surface area contributed by atoms with E-state index in [1.54, 1.807) is 4.90 Å². The number of nitrogens with two attached hydrogens (primary N) is 1. The first-order valence-corrected chi connectivity index (χ1v) is 8.36. The molecular weight excluding hydrogens is 332 g/mol. The predicted octanol–water partition coefficient (Wildman–Crippen LogP) is -1.44. The molecule has 0 aromatic heterocycles. The molecule has 0 aromatic rings. The average molecular weight is 362 g/mol. The molecule has 25 heavy (non-hydrogen) atoms. The highest BCUT2D eigenvalue weighted by Gasteiger charge is 2.10. The van der Waals surface area contributed by atoms with Crippen LogP contribution in [0, 0.1) is 0 Å². The Hall–Kier alpha value is -1.75. The van der Waals surface area contributed by atoms with Crippen molar-refractivity contribution in [2.45, 2.75) is 19.3 Å². The third kappa shape index (κ3) is 15.5. The Morgan fingerprint density at radius 3 is 1.36 bits per heavy atom. The number of hydrogen-bond acceptors (Lipinski definition) is 7. The summed E-state index contributed by atoms with van der Waals surface area (Å²) in [6.07, 6.45) is 0.0102. The van der Waals surface area contributed by atoms with E-state index in [1.807, 2.05) is 4.90 Å². The van der Waals surface area contributed by atoms with E-state index in [4.69, 9.17) is 21.1 Å². The number of carboxylic acids is 3. The number of carboxylic acid groups (broad SMARTS) is 3. The minimum atomic E-state index is -0.913. The lowest BCUT2D eigenvalue weighted by molar-refractivity contribution is -0.138. The number of nitrogens with zero attached hydrogens (tertiary/aromatic N) is 2. The van der Waals surface area contributed by atoms with Crippen molar-refractivity contribution >= 4 is 17.9 Å². The molecule has 0 bridgehead atoms. The van der Waals surface area contributed by atoms with Crippen LogP contribution in [0.5, 0.6) is 0 Å². The quantitative estimate of drug-likeness (QED) is 0.194. The van der Waals surface area contributed by atoms with Crippen molar-refractivity contribution in [3.05, 3.63) is 0 Å². The van der Waals surface area contributed by atoms with Crippen LogP contribution < -0.4 is 11.1 Å². The maximum Gasteiger partial charge on any atom is 0.304 e. The number of rotatable bonds is 17. The van der Waals surface area contributed by atoms with Gasteiger partial charge >= 0.3 is 17.9 Å². The fraction of sp³-hybridized carbons (Fsp3) is 0.800. The Morgan fingerprint density at radius 1 is 0.680 bits per heavy atom. The van der Waals surface area contributed by atoms with Crippen molar-refractivity contribution in [2.24, 2.45) is 5.73 Å². The van der Waals surface area contributed by atoms with Gasteiger partial charge in [-0.25, -0.2) is 0 Å². The Labute approximate surface area is 147 Å². The zero-order valence-corrected chi connectivity index (χ0v) is 14.5. The van der Waals surface area contributed by atoms with Gasteiger partial charge in [0.2, 0.25) is 0 Å². The molecule has 0 heterocycles. The van der Waals surface area contributed by atoms with Crippen LogP contribution >= 0.6 is 0 Å². The zero-order valence-electron chi connectivity index (χ0n) is 14.5. The maximum absolute atomic E-state index is 10.6. The summed E-state index contributed by atoms with van der Waals surface area (Å²) in [4.78, 5) is 35.7. The molecule has 0 spiro atoms. The number of aliphatic carboxylic acids is 3. The number of hydrogen-bond donors (Lipinski definition) is 5. The van der Waals surface area contributed by atoms with Gasteiger partial charge in [-0.2, -0.15) is 0 Å². The van der Waals surface area contributed by atoms with Crippen LogP contribution in [-0.4, -0.2) is 102 Å². The van der Waals surface area contributed by atoms with E-state index in [9.17, 15) is 14.4 Å². The Balaban J connectivity index is 4.04. The van der Waals surface area contributed by atoms with E-state index in [-0.39, 0.29) is 19.3 Å². The van der Waals surface area contributed by atoms with Crippen LogP contribution in [0.1, 0.15) is 19.3 Å². The minimum absolute atomic E-state index is 0.0287. The molecule has 0 radical (unpaired) electrons. The number of nitrogens with one attached hydrogen (secondary N) is 1. The van der Waals surface area contributed by atoms with Gasteiger partial charge in [0.05, 0.1) is 19.3 Å². The fourth-order valence-electron chi connectivity index (χ4n) is 2.21. The molecule has 0 saturated heterocycles. The van der Waals surface area contributed by atoms with E-state index >= 15 is 0 Å². The summed E-state index contributed by atoms with van der Waals surface area (Å²) in [5, 5.41) is 29.4. The lowest BCUT2D eigenvalue weighted by atomic mass is 10.3. The van der Waals surface area contributed by atoms with Crippen molar-refractivity contribution in [1.82, 2.24) is 15.1 Å². The first kappa shape index (κ1) is 23.2. The summed E-state index contributed by atoms with van der Waals surface area (Å²) in [6, 6.07) is 0. The molecule has 0 unspecified atom stereocenters. The summed E-state index contributed by atoms with van der Waals surface area (Å²) in [6.45, 7) is 4.58. The fourth-order valence-corrected chi connectivity index (χ4v) is 2.21. The molecule has 6 N–H and O–H groups in total. The summed E-state index contributed by atoms with van der Waals surface area (Å²) in [5.74, 6) is -2.67. The maximum atomic E-state index is 10.6.